The Labute approximate surface area is 126 Å². The van der Waals surface area contributed by atoms with E-state index in [0.717, 1.165) is 0 Å². The predicted octanol–water partition coefficient (Wildman–Crippen LogP) is 0.171. The largest absolute Gasteiger partial charge is 0.493 e. The fourth-order valence-electron chi connectivity index (χ4n) is 2.26. The number of aliphatic hydroxyl groups excluding tert-OH is 1. The molecule has 8 nitrogen and oxygen atoms in total. The summed E-state index contributed by atoms with van der Waals surface area (Å²) in [5.41, 5.74) is 0.467. The Kier molecular flexibility index (Phi) is 4.71. The molecule has 1 heterocycles. The minimum atomic E-state index is -0.651. The molecule has 0 aromatic heterocycles. The first-order valence-electron chi connectivity index (χ1n) is 6.52. The van der Waals surface area contributed by atoms with Crippen molar-refractivity contribution in [3.05, 3.63) is 11.6 Å². The zero-order valence-corrected chi connectivity index (χ0v) is 12.5. The van der Waals surface area contributed by atoms with E-state index >= 15 is 0 Å². The lowest BCUT2D eigenvalue weighted by atomic mass is 10.1. The van der Waals surface area contributed by atoms with Crippen LogP contribution in [0.5, 0.6) is 23.0 Å². The molecule has 0 saturated carbocycles. The van der Waals surface area contributed by atoms with Crippen molar-refractivity contribution < 1.29 is 33.6 Å². The molecule has 0 fully saturated rings. The van der Waals surface area contributed by atoms with E-state index in [1.807, 2.05) is 0 Å². The van der Waals surface area contributed by atoms with E-state index in [1.165, 1.54) is 21.1 Å². The number of esters is 1. The van der Waals surface area contributed by atoms with E-state index in [4.69, 9.17) is 24.1 Å². The molecule has 0 radical (unpaired) electrons. The molecule has 1 amide bonds. The van der Waals surface area contributed by atoms with Crippen LogP contribution in [-0.2, 0) is 9.59 Å². The fourth-order valence-corrected chi connectivity index (χ4v) is 2.26. The predicted molar refractivity (Wildman–Crippen MR) is 74.3 cm³/mol. The number of hydrogen-bond donors (Lipinski definition) is 2. The average molecular weight is 311 g/mol. The van der Waals surface area contributed by atoms with Gasteiger partial charge in [-0.05, 0) is 0 Å². The first kappa shape index (κ1) is 15.9. The highest BCUT2D eigenvalue weighted by molar-refractivity contribution is 5.79. The lowest BCUT2D eigenvalue weighted by molar-refractivity contribution is -0.132. The second-order valence-corrected chi connectivity index (χ2v) is 4.54. The van der Waals surface area contributed by atoms with Gasteiger partial charge in [0.1, 0.15) is 19.0 Å². The minimum absolute atomic E-state index is 0.130. The molecular formula is C14H17NO7. The molecule has 0 bridgehead atoms. The summed E-state index contributed by atoms with van der Waals surface area (Å²) in [5.74, 6) is -0.00282. The lowest BCUT2D eigenvalue weighted by Gasteiger charge is -2.18. The van der Waals surface area contributed by atoms with Crippen LogP contribution in [0.25, 0.3) is 0 Å². The van der Waals surface area contributed by atoms with E-state index < -0.39 is 24.5 Å². The van der Waals surface area contributed by atoms with Gasteiger partial charge in [-0.2, -0.15) is 0 Å². The summed E-state index contributed by atoms with van der Waals surface area (Å²) in [7, 11) is 2.86. The molecule has 1 atom stereocenters. The quantitative estimate of drug-likeness (QED) is 0.590. The number of aliphatic hydroxyl groups is 1. The Hall–Kier alpha value is -2.48. The van der Waals surface area contributed by atoms with Gasteiger partial charge in [-0.1, -0.05) is 0 Å². The molecule has 1 aliphatic rings. The number of nitrogens with one attached hydrogen (secondary N) is 1. The van der Waals surface area contributed by atoms with Crippen LogP contribution in [0.2, 0.25) is 0 Å². The summed E-state index contributed by atoms with van der Waals surface area (Å²) in [6.07, 6.45) is 0. The normalized spacial score (nSPS) is 15.5. The third-order valence-corrected chi connectivity index (χ3v) is 3.10. The number of ether oxygens (including phenoxy) is 4. The molecule has 1 aromatic rings. The van der Waals surface area contributed by atoms with Crippen molar-refractivity contribution in [2.24, 2.45) is 0 Å². The topological polar surface area (TPSA) is 103 Å². The molecule has 1 unspecified atom stereocenters. The van der Waals surface area contributed by atoms with Crippen LogP contribution in [0.4, 0.5) is 0 Å². The summed E-state index contributed by atoms with van der Waals surface area (Å²) in [6.45, 7) is 0.746. The summed E-state index contributed by atoms with van der Waals surface area (Å²) in [6, 6.07) is 1.02. The molecule has 1 aliphatic heterocycles. The summed E-state index contributed by atoms with van der Waals surface area (Å²) >= 11 is 0. The van der Waals surface area contributed by atoms with Crippen molar-refractivity contribution in [1.82, 2.24) is 5.32 Å². The number of carbonyl (C=O) groups is 2. The highest BCUT2D eigenvalue weighted by Crippen LogP contribution is 2.50. The van der Waals surface area contributed by atoms with Gasteiger partial charge in [0, 0.05) is 13.0 Å². The van der Waals surface area contributed by atoms with E-state index in [9.17, 15) is 9.59 Å². The fraction of sp³-hybridized carbons (Fsp3) is 0.429. The Balaban J connectivity index is 2.54. The van der Waals surface area contributed by atoms with Gasteiger partial charge in [-0.25, -0.2) is 0 Å². The molecule has 0 aliphatic carbocycles. The van der Waals surface area contributed by atoms with Crippen LogP contribution < -0.4 is 24.3 Å². The Morgan fingerprint density at radius 3 is 2.64 bits per heavy atom. The molecule has 0 spiro atoms. The summed E-state index contributed by atoms with van der Waals surface area (Å²) in [5, 5.41) is 11.4. The first-order valence-corrected chi connectivity index (χ1v) is 6.52. The smallest absolute Gasteiger partial charge is 0.308 e. The number of rotatable bonds is 5. The third-order valence-electron chi connectivity index (χ3n) is 3.10. The lowest BCUT2D eigenvalue weighted by Crippen LogP contribution is -2.31. The Morgan fingerprint density at radius 2 is 2.09 bits per heavy atom. The number of amides is 1. The van der Waals surface area contributed by atoms with Gasteiger partial charge in [-0.3, -0.25) is 9.59 Å². The van der Waals surface area contributed by atoms with E-state index in [1.54, 1.807) is 6.07 Å². The molecule has 2 rings (SSSR count). The van der Waals surface area contributed by atoms with Gasteiger partial charge in [0.05, 0.1) is 25.8 Å². The number of hydrogen-bond acceptors (Lipinski definition) is 7. The van der Waals surface area contributed by atoms with Gasteiger partial charge in [0.25, 0.3) is 0 Å². The molecule has 0 saturated heterocycles. The average Bonchev–Trinajstić information content (AvgIpc) is 2.88. The molecule has 2 N–H and O–H groups in total. The van der Waals surface area contributed by atoms with Gasteiger partial charge >= 0.3 is 5.97 Å². The van der Waals surface area contributed by atoms with Gasteiger partial charge < -0.3 is 29.4 Å². The maximum Gasteiger partial charge on any atom is 0.308 e. The summed E-state index contributed by atoms with van der Waals surface area (Å²) in [4.78, 5) is 22.8. The highest BCUT2D eigenvalue weighted by Gasteiger charge is 2.34. The van der Waals surface area contributed by atoms with Crippen molar-refractivity contribution in [2.75, 3.05) is 27.4 Å². The van der Waals surface area contributed by atoms with Crippen LogP contribution in [0.3, 0.4) is 0 Å². The van der Waals surface area contributed by atoms with Gasteiger partial charge in [0.2, 0.25) is 11.7 Å². The second kappa shape index (κ2) is 6.52. The Morgan fingerprint density at radius 1 is 1.36 bits per heavy atom. The van der Waals surface area contributed by atoms with Gasteiger partial charge in [-0.15, -0.1) is 0 Å². The highest BCUT2D eigenvalue weighted by atomic mass is 16.6. The zero-order chi connectivity index (χ0) is 16.3. The minimum Gasteiger partial charge on any atom is -0.493 e. The van der Waals surface area contributed by atoms with Crippen LogP contribution in [-0.4, -0.2) is 44.4 Å². The van der Waals surface area contributed by atoms with Gasteiger partial charge in [0.15, 0.2) is 11.5 Å². The van der Waals surface area contributed by atoms with Crippen LogP contribution in [0.1, 0.15) is 18.5 Å². The first-order chi connectivity index (χ1) is 10.5. The van der Waals surface area contributed by atoms with Crippen molar-refractivity contribution in [1.29, 1.82) is 0 Å². The SMILES string of the molecule is COc1cc2c(c(OC(C)=O)c1OC)C(NC(=O)CO)CO2. The standard InChI is InChI=1S/C14H17NO7/c1-7(17)22-14-12-8(15-11(18)5-16)6-21-9(12)4-10(19-2)13(14)20-3/h4,8,16H,5-6H2,1-3H3,(H,15,18). The van der Waals surface area contributed by atoms with Crippen molar-refractivity contribution in [3.63, 3.8) is 0 Å². The number of carbonyl (C=O) groups excluding carboxylic acids is 2. The van der Waals surface area contributed by atoms with Crippen LogP contribution in [0, 0.1) is 0 Å². The maximum atomic E-state index is 11.4. The molecule has 1 aromatic carbocycles. The van der Waals surface area contributed by atoms with Crippen molar-refractivity contribution >= 4 is 11.9 Å². The van der Waals surface area contributed by atoms with Crippen molar-refractivity contribution in [3.8, 4) is 23.0 Å². The third kappa shape index (κ3) is 2.91. The maximum absolute atomic E-state index is 11.4. The Bertz CT molecular complexity index is 599. The van der Waals surface area contributed by atoms with Crippen LogP contribution >= 0.6 is 0 Å². The van der Waals surface area contributed by atoms with E-state index in [2.05, 4.69) is 5.32 Å². The molecular weight excluding hydrogens is 294 g/mol. The molecule has 120 valence electrons. The number of fused-ring (bicyclic) bond motifs is 1. The molecule has 22 heavy (non-hydrogen) atoms. The van der Waals surface area contributed by atoms with E-state index in [0.29, 0.717) is 17.1 Å². The summed E-state index contributed by atoms with van der Waals surface area (Å²) < 4.78 is 21.2. The van der Waals surface area contributed by atoms with Crippen LogP contribution in [0.15, 0.2) is 6.07 Å². The number of benzene rings is 1. The van der Waals surface area contributed by atoms with Crippen molar-refractivity contribution in [2.45, 2.75) is 13.0 Å². The monoisotopic (exact) mass is 311 g/mol. The molecule has 8 heteroatoms. The second-order valence-electron chi connectivity index (χ2n) is 4.54. The van der Waals surface area contributed by atoms with E-state index in [-0.39, 0.29) is 18.1 Å². The zero-order valence-electron chi connectivity index (χ0n) is 12.5. The number of methoxy groups -OCH3 is 2.